The smallest absolute Gasteiger partial charge is 0.306 e. The molecule has 0 radical (unpaired) electrons. The zero-order valence-electron chi connectivity index (χ0n) is 26.3. The van der Waals surface area contributed by atoms with Crippen LogP contribution in [-0.4, -0.2) is 17.9 Å². The highest BCUT2D eigenvalue weighted by molar-refractivity contribution is 5.91. The number of allylic oxidation sites excluding steroid dienone is 3. The van der Waals surface area contributed by atoms with Crippen LogP contribution < -0.4 is 0 Å². The number of rotatable bonds is 16. The van der Waals surface area contributed by atoms with Crippen molar-refractivity contribution in [3.05, 3.63) is 23.8 Å². The zero-order valence-corrected chi connectivity index (χ0v) is 26.3. The van der Waals surface area contributed by atoms with Crippen molar-refractivity contribution >= 4 is 11.8 Å². The number of hydrogen-bond acceptors (Lipinski definition) is 3. The van der Waals surface area contributed by atoms with Crippen molar-refractivity contribution in [2.75, 3.05) is 0 Å². The largest absolute Gasteiger partial charge is 0.462 e. The molecule has 4 aliphatic carbocycles. The molecule has 3 nitrogen and oxygen atoms in total. The molecular formula is C37H60O3. The molecule has 4 rings (SSSR count). The molecule has 0 bridgehead atoms. The van der Waals surface area contributed by atoms with E-state index in [1.165, 1.54) is 102 Å². The zero-order chi connectivity index (χ0) is 28.4. The standard InChI is InChI=1S/C37H60O3/c1-4-5-6-7-8-9-10-11-12-13-14-15-16-17-18-19-35(39)40-34-23-22-32-31-21-20-29-28-30(38)24-26-36(29,2)33(31)25-27-37(32,34)3/h11-12,28,31-34H,4-10,13-27H2,1-3H3/b12-11-/t31-,32-,33-,34-,36-,37-/m0/s1. The van der Waals surface area contributed by atoms with Crippen LogP contribution in [0.3, 0.4) is 0 Å². The van der Waals surface area contributed by atoms with E-state index in [2.05, 4.69) is 32.9 Å². The van der Waals surface area contributed by atoms with Gasteiger partial charge in [0.2, 0.25) is 0 Å². The number of hydrogen-bond donors (Lipinski definition) is 0. The first-order valence-electron chi connectivity index (χ1n) is 17.5. The maximum absolute atomic E-state index is 12.8. The molecule has 6 atom stereocenters. The van der Waals surface area contributed by atoms with Gasteiger partial charge in [-0.15, -0.1) is 0 Å². The maximum atomic E-state index is 12.8. The maximum Gasteiger partial charge on any atom is 0.306 e. The third kappa shape index (κ3) is 7.71. The van der Waals surface area contributed by atoms with Crippen LogP contribution in [0.25, 0.3) is 0 Å². The van der Waals surface area contributed by atoms with E-state index in [4.69, 9.17) is 4.74 Å². The third-order valence-corrected chi connectivity index (χ3v) is 11.8. The molecule has 0 aromatic rings. The minimum Gasteiger partial charge on any atom is -0.462 e. The van der Waals surface area contributed by atoms with Gasteiger partial charge in [-0.05, 0) is 106 Å². The van der Waals surface area contributed by atoms with Gasteiger partial charge >= 0.3 is 5.97 Å². The van der Waals surface area contributed by atoms with Gasteiger partial charge in [0.25, 0.3) is 0 Å². The van der Waals surface area contributed by atoms with Gasteiger partial charge in [-0.3, -0.25) is 9.59 Å². The van der Waals surface area contributed by atoms with Crippen molar-refractivity contribution in [1.29, 1.82) is 0 Å². The number of ether oxygens (including phenoxy) is 1. The van der Waals surface area contributed by atoms with Crippen LogP contribution in [0.1, 0.15) is 162 Å². The van der Waals surface area contributed by atoms with Crippen LogP contribution in [0.4, 0.5) is 0 Å². The topological polar surface area (TPSA) is 43.4 Å². The monoisotopic (exact) mass is 552 g/mol. The molecule has 0 unspecified atom stereocenters. The lowest BCUT2D eigenvalue weighted by Gasteiger charge is -2.57. The Morgan fingerprint density at radius 1 is 0.825 bits per heavy atom. The molecule has 4 aliphatic rings. The second kappa shape index (κ2) is 15.2. The van der Waals surface area contributed by atoms with E-state index in [1.54, 1.807) is 0 Å². The van der Waals surface area contributed by atoms with Crippen molar-refractivity contribution in [2.45, 2.75) is 168 Å². The summed E-state index contributed by atoms with van der Waals surface area (Å²) in [5, 5.41) is 0. The summed E-state index contributed by atoms with van der Waals surface area (Å²) in [6, 6.07) is 0. The van der Waals surface area contributed by atoms with Crippen molar-refractivity contribution in [3.8, 4) is 0 Å². The van der Waals surface area contributed by atoms with Gasteiger partial charge < -0.3 is 4.74 Å². The van der Waals surface area contributed by atoms with E-state index in [9.17, 15) is 9.59 Å². The predicted octanol–water partition coefficient (Wildman–Crippen LogP) is 10.5. The van der Waals surface area contributed by atoms with Crippen LogP contribution in [0.2, 0.25) is 0 Å². The summed E-state index contributed by atoms with van der Waals surface area (Å²) in [6.45, 7) is 7.16. The Kier molecular flexibility index (Phi) is 12.0. The van der Waals surface area contributed by atoms with Crippen LogP contribution in [0, 0.1) is 28.6 Å². The highest BCUT2D eigenvalue weighted by Gasteiger charge is 2.59. The van der Waals surface area contributed by atoms with E-state index in [0.717, 1.165) is 44.4 Å². The highest BCUT2D eigenvalue weighted by Crippen LogP contribution is 2.65. The molecule has 226 valence electrons. The average molecular weight is 553 g/mol. The Bertz CT molecular complexity index is 886. The van der Waals surface area contributed by atoms with Crippen molar-refractivity contribution in [2.24, 2.45) is 28.6 Å². The van der Waals surface area contributed by atoms with Gasteiger partial charge in [0.15, 0.2) is 5.78 Å². The minimum atomic E-state index is 0.0400. The molecule has 3 fully saturated rings. The summed E-state index contributed by atoms with van der Waals surface area (Å²) in [7, 11) is 0. The van der Waals surface area contributed by atoms with Gasteiger partial charge in [0.05, 0.1) is 0 Å². The summed E-state index contributed by atoms with van der Waals surface area (Å²) >= 11 is 0. The molecule has 40 heavy (non-hydrogen) atoms. The van der Waals surface area contributed by atoms with Crippen molar-refractivity contribution in [3.63, 3.8) is 0 Å². The number of unbranched alkanes of at least 4 members (excludes halogenated alkanes) is 11. The highest BCUT2D eigenvalue weighted by atomic mass is 16.5. The summed E-state index contributed by atoms with van der Waals surface area (Å²) < 4.78 is 6.22. The first-order valence-corrected chi connectivity index (χ1v) is 17.5. The molecule has 3 heteroatoms. The van der Waals surface area contributed by atoms with Gasteiger partial charge in [0.1, 0.15) is 6.10 Å². The van der Waals surface area contributed by atoms with E-state index in [0.29, 0.717) is 24.0 Å². The van der Waals surface area contributed by atoms with Gasteiger partial charge in [0, 0.05) is 18.3 Å². The van der Waals surface area contributed by atoms with E-state index in [1.807, 2.05) is 6.08 Å². The molecule has 3 saturated carbocycles. The molecule has 0 spiro atoms. The lowest BCUT2D eigenvalue weighted by Crippen LogP contribution is -2.51. The number of esters is 1. The van der Waals surface area contributed by atoms with E-state index >= 15 is 0 Å². The van der Waals surface area contributed by atoms with Gasteiger partial charge in [-0.1, -0.05) is 89.9 Å². The number of carbonyl (C=O) groups excluding carboxylic acids is 2. The molecule has 0 aliphatic heterocycles. The second-order valence-electron chi connectivity index (χ2n) is 14.4. The Hall–Kier alpha value is -1.38. The summed E-state index contributed by atoms with van der Waals surface area (Å²) in [5.74, 6) is 2.47. The molecular weight excluding hydrogens is 492 g/mol. The SMILES string of the molecule is CCCCCCCC/C=C\CCCCCCCC(=O)O[C@H]1CC[C@H]2[C@@H]3CCC4=CC(=O)CC[C@]4(C)[C@H]3CC[C@]12C. The van der Waals surface area contributed by atoms with Crippen LogP contribution in [0.5, 0.6) is 0 Å². The Labute approximate surface area is 246 Å². The Morgan fingerprint density at radius 2 is 1.50 bits per heavy atom. The minimum absolute atomic E-state index is 0.0400. The van der Waals surface area contributed by atoms with Crippen LogP contribution in [-0.2, 0) is 14.3 Å². The van der Waals surface area contributed by atoms with Crippen LogP contribution in [0.15, 0.2) is 23.8 Å². The fourth-order valence-electron chi connectivity index (χ4n) is 9.26. The summed E-state index contributed by atoms with van der Waals surface area (Å²) in [4.78, 5) is 24.9. The summed E-state index contributed by atoms with van der Waals surface area (Å²) in [6.07, 6.45) is 32.8. The quantitative estimate of drug-likeness (QED) is 0.109. The molecule has 0 aromatic carbocycles. The van der Waals surface area contributed by atoms with Crippen molar-refractivity contribution in [1.82, 2.24) is 0 Å². The second-order valence-corrected chi connectivity index (χ2v) is 14.4. The first kappa shape index (κ1) is 31.6. The third-order valence-electron chi connectivity index (χ3n) is 11.8. The first-order chi connectivity index (χ1) is 19.4. The molecule has 0 amide bonds. The average Bonchev–Trinajstić information content (AvgIpc) is 3.27. The van der Waals surface area contributed by atoms with Gasteiger partial charge in [-0.25, -0.2) is 0 Å². The number of fused-ring (bicyclic) bond motifs is 5. The van der Waals surface area contributed by atoms with Crippen molar-refractivity contribution < 1.29 is 14.3 Å². The fourth-order valence-corrected chi connectivity index (χ4v) is 9.26. The van der Waals surface area contributed by atoms with Gasteiger partial charge in [-0.2, -0.15) is 0 Å². The normalized spacial score (nSPS) is 33.4. The molecule has 0 N–H and O–H groups in total. The lowest BCUT2D eigenvalue weighted by atomic mass is 9.47. The molecule has 0 saturated heterocycles. The fraction of sp³-hybridized carbons (Fsp3) is 0.838. The lowest BCUT2D eigenvalue weighted by molar-refractivity contribution is -0.160. The van der Waals surface area contributed by atoms with E-state index in [-0.39, 0.29) is 22.9 Å². The number of ketones is 1. The predicted molar refractivity (Wildman–Crippen MR) is 166 cm³/mol. The summed E-state index contributed by atoms with van der Waals surface area (Å²) in [5.41, 5.74) is 1.80. The molecule has 0 aromatic heterocycles. The van der Waals surface area contributed by atoms with E-state index < -0.39 is 0 Å². The Balaban J connectivity index is 1.09. The molecule has 0 heterocycles. The van der Waals surface area contributed by atoms with Crippen LogP contribution >= 0.6 is 0 Å². The Morgan fingerprint density at radius 3 is 2.23 bits per heavy atom. The number of carbonyl (C=O) groups is 2.